The average molecular weight is 201 g/mol. The van der Waals surface area contributed by atoms with Crippen LogP contribution in [0.3, 0.4) is 0 Å². The van der Waals surface area contributed by atoms with Gasteiger partial charge in [0.25, 0.3) is 0 Å². The van der Waals surface area contributed by atoms with Crippen LogP contribution in [0.4, 0.5) is 4.39 Å². The van der Waals surface area contributed by atoms with E-state index in [4.69, 9.17) is 0 Å². The Morgan fingerprint density at radius 2 is 2.31 bits per heavy atom. The van der Waals surface area contributed by atoms with Crippen molar-refractivity contribution in [1.29, 1.82) is 0 Å². The third-order valence-corrected chi connectivity index (χ3v) is 3.13. The van der Waals surface area contributed by atoms with Crippen molar-refractivity contribution in [3.8, 4) is 0 Å². The van der Waals surface area contributed by atoms with Crippen LogP contribution in [0, 0.1) is 6.92 Å². The molecule has 3 heteroatoms. The van der Waals surface area contributed by atoms with Crippen molar-refractivity contribution in [2.45, 2.75) is 26.3 Å². The summed E-state index contributed by atoms with van der Waals surface area (Å²) < 4.78 is 11.8. The molecule has 0 aliphatic carbocycles. The van der Waals surface area contributed by atoms with Crippen LogP contribution in [-0.2, 0) is 0 Å². The Labute approximate surface area is 83.0 Å². The lowest BCUT2D eigenvalue weighted by Gasteiger charge is -2.10. The number of halogens is 1. The second-order valence-corrected chi connectivity index (χ2v) is 4.49. The van der Waals surface area contributed by atoms with Gasteiger partial charge >= 0.3 is 0 Å². The third kappa shape index (κ3) is 3.44. The van der Waals surface area contributed by atoms with Crippen LogP contribution in [0.15, 0.2) is 12.1 Å². The highest BCUT2D eigenvalue weighted by atomic mass is 32.1. The standard InChI is InChI=1S/C10H16FNS/c1-8-4-5-10(13-8)9(2)12-7-3-6-11/h4-5,9,12H,3,6-7H2,1-2H3. The highest BCUT2D eigenvalue weighted by Crippen LogP contribution is 2.21. The number of hydrogen-bond acceptors (Lipinski definition) is 2. The van der Waals surface area contributed by atoms with Gasteiger partial charge in [-0.2, -0.15) is 0 Å². The van der Waals surface area contributed by atoms with Gasteiger partial charge in [0.15, 0.2) is 0 Å². The monoisotopic (exact) mass is 201 g/mol. The summed E-state index contributed by atoms with van der Waals surface area (Å²) in [6.45, 7) is 4.74. The van der Waals surface area contributed by atoms with Gasteiger partial charge in [0.05, 0.1) is 6.67 Å². The van der Waals surface area contributed by atoms with E-state index in [0.29, 0.717) is 12.5 Å². The molecule has 0 amide bonds. The van der Waals surface area contributed by atoms with Crippen LogP contribution in [-0.4, -0.2) is 13.2 Å². The molecule has 0 saturated carbocycles. The molecule has 1 nitrogen and oxygen atoms in total. The Kier molecular flexibility index (Phi) is 4.39. The summed E-state index contributed by atoms with van der Waals surface area (Å²) in [5.41, 5.74) is 0. The fourth-order valence-corrected chi connectivity index (χ4v) is 2.08. The van der Waals surface area contributed by atoms with Crippen molar-refractivity contribution in [2.24, 2.45) is 0 Å². The van der Waals surface area contributed by atoms with Gasteiger partial charge in [-0.25, -0.2) is 0 Å². The van der Waals surface area contributed by atoms with Crippen LogP contribution in [0.1, 0.15) is 29.1 Å². The van der Waals surface area contributed by atoms with Crippen molar-refractivity contribution in [3.63, 3.8) is 0 Å². The predicted octanol–water partition coefficient (Wildman–Crippen LogP) is 3.07. The maximum atomic E-state index is 11.8. The Balaban J connectivity index is 2.35. The van der Waals surface area contributed by atoms with Crippen LogP contribution in [0.5, 0.6) is 0 Å². The lowest BCUT2D eigenvalue weighted by molar-refractivity contribution is 0.447. The fraction of sp³-hybridized carbons (Fsp3) is 0.600. The topological polar surface area (TPSA) is 12.0 Å². The van der Waals surface area contributed by atoms with E-state index < -0.39 is 0 Å². The van der Waals surface area contributed by atoms with E-state index in [1.54, 1.807) is 11.3 Å². The van der Waals surface area contributed by atoms with Crippen LogP contribution in [0.2, 0.25) is 0 Å². The zero-order chi connectivity index (χ0) is 9.68. The predicted molar refractivity (Wildman–Crippen MR) is 56.1 cm³/mol. The van der Waals surface area contributed by atoms with Gasteiger partial charge in [0.1, 0.15) is 0 Å². The van der Waals surface area contributed by atoms with E-state index in [-0.39, 0.29) is 6.67 Å². The second kappa shape index (κ2) is 5.35. The zero-order valence-electron chi connectivity index (χ0n) is 8.14. The normalized spacial score (nSPS) is 13.2. The minimum atomic E-state index is -0.233. The van der Waals surface area contributed by atoms with Gasteiger partial charge in [-0.1, -0.05) is 0 Å². The average Bonchev–Trinajstić information content (AvgIpc) is 2.52. The van der Waals surface area contributed by atoms with Crippen molar-refractivity contribution >= 4 is 11.3 Å². The first kappa shape index (κ1) is 10.7. The van der Waals surface area contributed by atoms with Crippen LogP contribution in [0.25, 0.3) is 0 Å². The highest BCUT2D eigenvalue weighted by molar-refractivity contribution is 7.12. The number of nitrogens with one attached hydrogen (secondary N) is 1. The maximum absolute atomic E-state index is 11.8. The zero-order valence-corrected chi connectivity index (χ0v) is 8.96. The van der Waals surface area contributed by atoms with E-state index in [9.17, 15) is 4.39 Å². The van der Waals surface area contributed by atoms with Gasteiger partial charge < -0.3 is 5.32 Å². The Morgan fingerprint density at radius 3 is 2.85 bits per heavy atom. The summed E-state index contributed by atoms with van der Waals surface area (Å²) in [5, 5.41) is 3.28. The molecule has 0 bridgehead atoms. The van der Waals surface area contributed by atoms with E-state index in [1.807, 2.05) is 0 Å². The third-order valence-electron chi connectivity index (χ3n) is 1.95. The van der Waals surface area contributed by atoms with Gasteiger partial charge in [0.2, 0.25) is 0 Å². The van der Waals surface area contributed by atoms with E-state index in [1.165, 1.54) is 9.75 Å². The number of thiophene rings is 1. The van der Waals surface area contributed by atoms with E-state index in [0.717, 1.165) is 6.54 Å². The fourth-order valence-electron chi connectivity index (χ4n) is 1.17. The lowest BCUT2D eigenvalue weighted by atomic mass is 10.2. The molecule has 1 atom stereocenters. The molecule has 0 saturated heterocycles. The minimum Gasteiger partial charge on any atom is -0.309 e. The first-order valence-electron chi connectivity index (χ1n) is 4.59. The molecular weight excluding hydrogens is 185 g/mol. The molecule has 1 N–H and O–H groups in total. The molecule has 0 aliphatic rings. The minimum absolute atomic E-state index is 0.233. The van der Waals surface area contributed by atoms with Gasteiger partial charge in [-0.3, -0.25) is 4.39 Å². The molecule has 0 radical (unpaired) electrons. The van der Waals surface area contributed by atoms with E-state index in [2.05, 4.69) is 31.3 Å². The van der Waals surface area contributed by atoms with Crippen molar-refractivity contribution in [1.82, 2.24) is 5.32 Å². The van der Waals surface area contributed by atoms with Gasteiger partial charge in [0, 0.05) is 15.8 Å². The molecule has 0 aromatic carbocycles. The highest BCUT2D eigenvalue weighted by Gasteiger charge is 2.05. The Hall–Kier alpha value is -0.410. The van der Waals surface area contributed by atoms with Crippen molar-refractivity contribution in [2.75, 3.05) is 13.2 Å². The van der Waals surface area contributed by atoms with E-state index >= 15 is 0 Å². The SMILES string of the molecule is Cc1ccc(C(C)NCCCF)s1. The molecule has 0 aliphatic heterocycles. The molecule has 13 heavy (non-hydrogen) atoms. The second-order valence-electron chi connectivity index (χ2n) is 3.17. The van der Waals surface area contributed by atoms with Crippen molar-refractivity contribution in [3.05, 3.63) is 21.9 Å². The quantitative estimate of drug-likeness (QED) is 0.722. The summed E-state index contributed by atoms with van der Waals surface area (Å²) in [5.74, 6) is 0. The van der Waals surface area contributed by atoms with Gasteiger partial charge in [-0.05, 0) is 38.9 Å². The maximum Gasteiger partial charge on any atom is 0.0906 e. The molecule has 1 unspecified atom stereocenters. The summed E-state index contributed by atoms with van der Waals surface area (Å²) in [7, 11) is 0. The molecule has 1 heterocycles. The number of aryl methyl sites for hydroxylation is 1. The first-order chi connectivity index (χ1) is 6.24. The molecular formula is C10H16FNS. The van der Waals surface area contributed by atoms with Crippen molar-refractivity contribution < 1.29 is 4.39 Å². The smallest absolute Gasteiger partial charge is 0.0906 e. The number of hydrogen-bond donors (Lipinski definition) is 1. The summed E-state index contributed by atoms with van der Waals surface area (Å²) in [4.78, 5) is 2.66. The summed E-state index contributed by atoms with van der Waals surface area (Å²) >= 11 is 1.80. The molecule has 1 aromatic rings. The van der Waals surface area contributed by atoms with Gasteiger partial charge in [-0.15, -0.1) is 11.3 Å². The lowest BCUT2D eigenvalue weighted by Crippen LogP contribution is -2.19. The first-order valence-corrected chi connectivity index (χ1v) is 5.41. The Bertz CT molecular complexity index is 247. The molecule has 0 fully saturated rings. The molecule has 0 spiro atoms. The number of rotatable bonds is 5. The largest absolute Gasteiger partial charge is 0.309 e. The van der Waals surface area contributed by atoms with Crippen LogP contribution >= 0.6 is 11.3 Å². The summed E-state index contributed by atoms with van der Waals surface area (Å²) in [6.07, 6.45) is 0.606. The van der Waals surface area contributed by atoms with Crippen LogP contribution < -0.4 is 5.32 Å². The Morgan fingerprint density at radius 1 is 1.54 bits per heavy atom. The molecule has 1 aromatic heterocycles. The molecule has 1 rings (SSSR count). The summed E-state index contributed by atoms with van der Waals surface area (Å²) in [6, 6.07) is 4.60. The molecule has 74 valence electrons. The number of alkyl halides is 1.